The van der Waals surface area contributed by atoms with E-state index in [2.05, 4.69) is 4.31 Å². The van der Waals surface area contributed by atoms with Gasteiger partial charge >= 0.3 is 17.1 Å². The molecule has 0 aromatic heterocycles. The molecule has 1 atom stereocenters. The summed E-state index contributed by atoms with van der Waals surface area (Å²) >= 11 is 0. The summed E-state index contributed by atoms with van der Waals surface area (Å²) in [6, 6.07) is 0. The first-order valence-electron chi connectivity index (χ1n) is 1.48. The van der Waals surface area contributed by atoms with Crippen LogP contribution in [0.5, 0.6) is 0 Å². The van der Waals surface area contributed by atoms with Gasteiger partial charge in [-0.3, -0.25) is 8.88 Å². The van der Waals surface area contributed by atoms with Gasteiger partial charge < -0.3 is 24.1 Å². The molecule has 0 rings (SSSR count). The molecule has 1 unspecified atom stereocenters. The Morgan fingerprint density at radius 3 is 1.50 bits per heavy atom. The zero-order valence-electron chi connectivity index (χ0n) is 4.17. The Labute approximate surface area is 66.4 Å². The average molecular weight is 230 g/mol. The standard InChI is InChI=1S/Mn.H4O7P2/c;1-8(2,3)7-9(4,5)6/h;(H2,1,2,3)(H2,4,5,6)/q+3;/p-3. The second-order valence-electron chi connectivity index (χ2n) is 0.997. The molecule has 60 valence electrons. The largest absolute Gasteiger partial charge is 3.00 e. The van der Waals surface area contributed by atoms with E-state index in [-0.39, 0.29) is 17.1 Å². The van der Waals surface area contributed by atoms with E-state index in [1.807, 2.05) is 0 Å². The third kappa shape index (κ3) is 11.6. The Morgan fingerprint density at radius 1 is 1.20 bits per heavy atom. The topological polar surface area (TPSA) is 133 Å². The van der Waals surface area contributed by atoms with Crippen LogP contribution in [-0.2, 0) is 30.5 Å². The molecule has 10 heteroatoms. The first-order chi connectivity index (χ1) is 3.71. The fourth-order valence-electron chi connectivity index (χ4n) is 0.126. The Kier molecular flexibility index (Phi) is 5.31. The first kappa shape index (κ1) is 13.4. The van der Waals surface area contributed by atoms with Gasteiger partial charge in [0.15, 0.2) is 0 Å². The monoisotopic (exact) mass is 230 g/mol. The van der Waals surface area contributed by atoms with E-state index in [1.165, 1.54) is 0 Å². The van der Waals surface area contributed by atoms with Gasteiger partial charge in [-0.2, -0.15) is 0 Å². The first-order valence-corrected chi connectivity index (χ1v) is 4.43. The van der Waals surface area contributed by atoms with E-state index in [9.17, 15) is 23.8 Å². The van der Waals surface area contributed by atoms with E-state index >= 15 is 0 Å². The molecule has 0 saturated heterocycles. The van der Waals surface area contributed by atoms with Crippen molar-refractivity contribution in [3.8, 4) is 0 Å². The van der Waals surface area contributed by atoms with Crippen LogP contribution in [0.1, 0.15) is 0 Å². The zero-order chi connectivity index (χ0) is 7.71. The van der Waals surface area contributed by atoms with E-state index in [0.717, 1.165) is 0 Å². The summed E-state index contributed by atoms with van der Waals surface area (Å²) in [5.41, 5.74) is 0. The van der Waals surface area contributed by atoms with Gasteiger partial charge in [-0.1, -0.05) is 0 Å². The van der Waals surface area contributed by atoms with Gasteiger partial charge in [0.05, 0.1) is 7.82 Å². The van der Waals surface area contributed by atoms with Crippen LogP contribution in [0.3, 0.4) is 0 Å². The van der Waals surface area contributed by atoms with Gasteiger partial charge in [-0.25, -0.2) is 0 Å². The normalized spacial score (nSPS) is 17.2. The van der Waals surface area contributed by atoms with Crippen molar-refractivity contribution in [2.45, 2.75) is 0 Å². The minimum Gasteiger partial charge on any atom is -0.790 e. The molecule has 0 amide bonds. The molecule has 0 aliphatic rings. The van der Waals surface area contributed by atoms with Crippen LogP contribution >= 0.6 is 15.6 Å². The van der Waals surface area contributed by atoms with Crippen molar-refractivity contribution in [1.82, 2.24) is 0 Å². The third-order valence-corrected chi connectivity index (χ3v) is 1.83. The van der Waals surface area contributed by atoms with E-state index < -0.39 is 15.6 Å². The molecular formula is HMnO7P2. The Hall–Kier alpha value is 0.779. The van der Waals surface area contributed by atoms with Crippen molar-refractivity contribution in [2.24, 2.45) is 0 Å². The van der Waals surface area contributed by atoms with Crippen molar-refractivity contribution >= 4 is 15.6 Å². The molecule has 0 radical (unpaired) electrons. The number of hydrogen-bond donors (Lipinski definition) is 1. The molecule has 0 fully saturated rings. The number of rotatable bonds is 2. The van der Waals surface area contributed by atoms with Crippen LogP contribution in [0.2, 0.25) is 0 Å². The summed E-state index contributed by atoms with van der Waals surface area (Å²) in [7, 11) is -11.0. The minimum atomic E-state index is -5.61. The van der Waals surface area contributed by atoms with Crippen LogP contribution in [0.4, 0.5) is 0 Å². The minimum absolute atomic E-state index is 0. The summed E-state index contributed by atoms with van der Waals surface area (Å²) in [5.74, 6) is 0. The SMILES string of the molecule is O=P([O-])([O-])OP(=O)([O-])O.[Mn+3]. The molecule has 0 heterocycles. The van der Waals surface area contributed by atoms with Gasteiger partial charge in [-0.15, -0.1) is 0 Å². The van der Waals surface area contributed by atoms with Crippen LogP contribution in [-0.4, -0.2) is 4.89 Å². The molecule has 0 aliphatic heterocycles. The van der Waals surface area contributed by atoms with Gasteiger partial charge in [0.2, 0.25) is 0 Å². The molecule has 0 bridgehead atoms. The molecule has 1 N–H and O–H groups in total. The van der Waals surface area contributed by atoms with Crippen molar-refractivity contribution in [3.63, 3.8) is 0 Å². The molecule has 10 heavy (non-hydrogen) atoms. The summed E-state index contributed by atoms with van der Waals surface area (Å²) < 4.78 is 21.4. The maximum absolute atomic E-state index is 9.44. The molecule has 0 spiro atoms. The molecule has 0 saturated carbocycles. The predicted molar refractivity (Wildman–Crippen MR) is 18.5 cm³/mol. The fourth-order valence-corrected chi connectivity index (χ4v) is 1.14. The van der Waals surface area contributed by atoms with Gasteiger partial charge in [0.1, 0.15) is 0 Å². The maximum Gasteiger partial charge on any atom is 3.00 e. The summed E-state index contributed by atoms with van der Waals surface area (Å²) in [5, 5.41) is 0. The number of phosphoric acid groups is 2. The average Bonchev–Trinajstić information content (AvgIpc) is 1.14. The molecule has 0 aromatic carbocycles. The number of hydrogen-bond acceptors (Lipinski definition) is 6. The van der Waals surface area contributed by atoms with Crippen LogP contribution in [0.15, 0.2) is 0 Å². The molecule has 7 nitrogen and oxygen atoms in total. The van der Waals surface area contributed by atoms with Crippen molar-refractivity contribution < 1.29 is 50.1 Å². The summed E-state index contributed by atoms with van der Waals surface area (Å²) in [4.78, 5) is 35.7. The quantitative estimate of drug-likeness (QED) is 0.402. The summed E-state index contributed by atoms with van der Waals surface area (Å²) in [6.45, 7) is 0. The third-order valence-electron chi connectivity index (χ3n) is 0.203. The van der Waals surface area contributed by atoms with Crippen LogP contribution in [0, 0.1) is 0 Å². The van der Waals surface area contributed by atoms with Gasteiger partial charge in [0, 0.05) is 0 Å². The fraction of sp³-hybridized carbons (Fsp3) is 0. The Bertz CT molecular complexity index is 152. The van der Waals surface area contributed by atoms with Crippen LogP contribution < -0.4 is 14.7 Å². The summed E-state index contributed by atoms with van der Waals surface area (Å²) in [6.07, 6.45) is 0. The van der Waals surface area contributed by atoms with Gasteiger partial charge in [0.25, 0.3) is 7.82 Å². The van der Waals surface area contributed by atoms with Crippen molar-refractivity contribution in [3.05, 3.63) is 0 Å². The zero-order valence-corrected chi connectivity index (χ0v) is 7.14. The predicted octanol–water partition coefficient (Wildman–Crippen LogP) is -2.71. The smallest absolute Gasteiger partial charge is 0.790 e. The Balaban J connectivity index is 0. The van der Waals surface area contributed by atoms with Crippen molar-refractivity contribution in [2.75, 3.05) is 0 Å². The van der Waals surface area contributed by atoms with Crippen molar-refractivity contribution in [1.29, 1.82) is 0 Å². The van der Waals surface area contributed by atoms with E-state index in [1.54, 1.807) is 0 Å². The van der Waals surface area contributed by atoms with Gasteiger partial charge in [-0.05, 0) is 0 Å². The van der Waals surface area contributed by atoms with E-state index in [4.69, 9.17) is 4.89 Å². The molecular weight excluding hydrogens is 229 g/mol. The van der Waals surface area contributed by atoms with E-state index in [0.29, 0.717) is 0 Å². The Morgan fingerprint density at radius 2 is 1.50 bits per heavy atom. The second kappa shape index (κ2) is 3.97. The van der Waals surface area contributed by atoms with Crippen LogP contribution in [0.25, 0.3) is 0 Å². The maximum atomic E-state index is 9.44. The second-order valence-corrected chi connectivity index (χ2v) is 3.48. The molecule has 0 aliphatic carbocycles. The molecule has 0 aromatic rings.